The van der Waals surface area contributed by atoms with Gasteiger partial charge in [0.25, 0.3) is 11.7 Å². The molecule has 0 bridgehead atoms. The maximum absolute atomic E-state index is 13.9. The molecule has 1 amide bonds. The van der Waals surface area contributed by atoms with Crippen molar-refractivity contribution in [1.29, 1.82) is 0 Å². The second-order valence-corrected chi connectivity index (χ2v) is 8.84. The van der Waals surface area contributed by atoms with Crippen LogP contribution in [0.5, 0.6) is 17.2 Å². The van der Waals surface area contributed by atoms with Gasteiger partial charge in [-0.05, 0) is 60.2 Å². The number of carbonyl (C=O) groups is 1. The highest BCUT2D eigenvalue weighted by molar-refractivity contribution is 5.93. The Morgan fingerprint density at radius 1 is 0.897 bits per heavy atom. The van der Waals surface area contributed by atoms with Crippen LogP contribution in [0, 0.1) is 0 Å². The number of hydrogen-bond donors (Lipinski definition) is 1. The number of aryl methyl sites for hydroxylation is 3. The number of fused-ring (bicyclic) bond motifs is 1. The fraction of sp³-hybridized carbons (Fsp3) is 0.267. The molecule has 0 aliphatic heterocycles. The van der Waals surface area contributed by atoms with Crippen LogP contribution in [0.3, 0.4) is 0 Å². The van der Waals surface area contributed by atoms with E-state index in [1.54, 1.807) is 12.1 Å². The van der Waals surface area contributed by atoms with Crippen LogP contribution in [0.4, 0.5) is 18.9 Å². The van der Waals surface area contributed by atoms with Gasteiger partial charge in [-0.15, -0.1) is 0 Å². The summed E-state index contributed by atoms with van der Waals surface area (Å²) in [5.74, 6) is -2.80. The van der Waals surface area contributed by atoms with Crippen molar-refractivity contribution in [2.75, 3.05) is 11.9 Å². The summed E-state index contributed by atoms with van der Waals surface area (Å²) in [5.41, 5.74) is 2.33. The smallest absolute Gasteiger partial charge is 0.453 e. The number of carbonyl (C=O) groups excluding carboxylic acids is 1. The van der Waals surface area contributed by atoms with Gasteiger partial charge in [-0.1, -0.05) is 51.1 Å². The first-order chi connectivity index (χ1) is 18.6. The Balaban J connectivity index is 1.59. The zero-order chi connectivity index (χ0) is 28.2. The van der Waals surface area contributed by atoms with Crippen molar-refractivity contribution in [1.82, 2.24) is 0 Å². The predicted octanol–water partition coefficient (Wildman–Crippen LogP) is 7.31. The minimum Gasteiger partial charge on any atom is -0.484 e. The lowest BCUT2D eigenvalue weighted by molar-refractivity contribution is -0.154. The molecule has 9 heteroatoms. The van der Waals surface area contributed by atoms with Gasteiger partial charge in [-0.25, -0.2) is 0 Å². The lowest BCUT2D eigenvalue weighted by Crippen LogP contribution is -2.22. The number of hydrogen-bond acceptors (Lipinski definition) is 5. The molecule has 4 rings (SSSR count). The highest BCUT2D eigenvalue weighted by atomic mass is 19.4. The van der Waals surface area contributed by atoms with E-state index < -0.39 is 35.6 Å². The maximum atomic E-state index is 13.9. The van der Waals surface area contributed by atoms with E-state index >= 15 is 0 Å². The van der Waals surface area contributed by atoms with Gasteiger partial charge in [0.1, 0.15) is 17.1 Å². The van der Waals surface area contributed by atoms with Crippen LogP contribution in [0.25, 0.3) is 11.0 Å². The second kappa shape index (κ2) is 11.6. The zero-order valence-electron chi connectivity index (χ0n) is 21.8. The summed E-state index contributed by atoms with van der Waals surface area (Å²) in [7, 11) is 0. The molecule has 1 N–H and O–H groups in total. The lowest BCUT2D eigenvalue weighted by atomic mass is 10.0. The van der Waals surface area contributed by atoms with E-state index in [1.807, 2.05) is 39.0 Å². The molecule has 0 radical (unpaired) electrons. The molecule has 0 aliphatic rings. The Bertz CT molecular complexity index is 1520. The number of nitrogens with one attached hydrogen (secondary N) is 1. The van der Waals surface area contributed by atoms with Crippen LogP contribution in [0.15, 0.2) is 69.9 Å². The first kappa shape index (κ1) is 27.8. The molecule has 6 nitrogen and oxygen atoms in total. The van der Waals surface area contributed by atoms with E-state index in [4.69, 9.17) is 13.9 Å². The zero-order valence-corrected chi connectivity index (χ0v) is 21.8. The minimum atomic E-state index is -4.99. The summed E-state index contributed by atoms with van der Waals surface area (Å²) in [6.45, 7) is 5.51. The molecule has 3 aromatic carbocycles. The van der Waals surface area contributed by atoms with Crippen molar-refractivity contribution in [3.63, 3.8) is 0 Å². The lowest BCUT2D eigenvalue weighted by Gasteiger charge is -2.15. The van der Waals surface area contributed by atoms with E-state index in [-0.39, 0.29) is 22.5 Å². The van der Waals surface area contributed by atoms with Gasteiger partial charge < -0.3 is 19.2 Å². The highest BCUT2D eigenvalue weighted by Gasteiger charge is 2.40. The quantitative estimate of drug-likeness (QED) is 0.241. The Labute approximate surface area is 223 Å². The molecular weight excluding hydrogens is 511 g/mol. The van der Waals surface area contributed by atoms with Crippen LogP contribution >= 0.6 is 0 Å². The second-order valence-electron chi connectivity index (χ2n) is 8.84. The molecule has 0 spiro atoms. The van der Waals surface area contributed by atoms with Gasteiger partial charge in [0.05, 0.1) is 5.39 Å². The maximum Gasteiger partial charge on any atom is 0.453 e. The summed E-state index contributed by atoms with van der Waals surface area (Å²) in [6, 6.07) is 16.0. The van der Waals surface area contributed by atoms with Crippen molar-refractivity contribution in [3.05, 3.63) is 93.3 Å². The molecule has 204 valence electrons. The van der Waals surface area contributed by atoms with Crippen LogP contribution in [0.1, 0.15) is 43.2 Å². The Morgan fingerprint density at radius 2 is 1.54 bits per heavy atom. The Kier molecular flexibility index (Phi) is 8.28. The summed E-state index contributed by atoms with van der Waals surface area (Å²) in [5, 5.41) is 2.74. The molecule has 0 saturated heterocycles. The molecule has 0 fully saturated rings. The number of amides is 1. The van der Waals surface area contributed by atoms with Crippen molar-refractivity contribution in [2.45, 2.75) is 46.2 Å². The van der Waals surface area contributed by atoms with Gasteiger partial charge in [-0.2, -0.15) is 13.2 Å². The van der Waals surface area contributed by atoms with Gasteiger partial charge in [0, 0.05) is 11.8 Å². The predicted molar refractivity (Wildman–Crippen MR) is 143 cm³/mol. The molecule has 0 saturated carbocycles. The third-order valence-electron chi connectivity index (χ3n) is 6.26. The number of para-hydroxylation sites is 1. The van der Waals surface area contributed by atoms with E-state index in [0.29, 0.717) is 0 Å². The fourth-order valence-corrected chi connectivity index (χ4v) is 4.16. The van der Waals surface area contributed by atoms with Crippen LogP contribution in [-0.2, 0) is 30.2 Å². The summed E-state index contributed by atoms with van der Waals surface area (Å²) >= 11 is 0. The molecule has 1 aromatic heterocycles. The summed E-state index contributed by atoms with van der Waals surface area (Å²) < 4.78 is 57.6. The third-order valence-corrected chi connectivity index (χ3v) is 6.26. The monoisotopic (exact) mass is 539 g/mol. The first-order valence-electron chi connectivity index (χ1n) is 12.6. The molecule has 1 heterocycles. The SMILES string of the molecule is CCc1ccc(Oc2c(C(F)(F)F)oc3cc(OCC(=O)Nc4c(CC)cccc4CC)ccc3c2=O)cc1. The standard InChI is InChI=1S/C30H28F3NO5/c1-4-18-10-12-21(13-11-18)38-28-27(36)23-15-14-22(16-24(23)39-29(28)30(31,32)33)37-17-25(35)34-26-19(5-2)8-7-9-20(26)6-3/h7-16H,4-6,17H2,1-3H3,(H,34,35). The van der Waals surface area contributed by atoms with E-state index in [2.05, 4.69) is 5.32 Å². The fourth-order valence-electron chi connectivity index (χ4n) is 4.16. The number of rotatable bonds is 9. The van der Waals surface area contributed by atoms with E-state index in [9.17, 15) is 22.8 Å². The summed E-state index contributed by atoms with van der Waals surface area (Å²) in [4.78, 5) is 25.6. The topological polar surface area (TPSA) is 77.8 Å². The van der Waals surface area contributed by atoms with Crippen LogP contribution in [0.2, 0.25) is 0 Å². The van der Waals surface area contributed by atoms with Crippen molar-refractivity contribution >= 4 is 22.6 Å². The summed E-state index contributed by atoms with van der Waals surface area (Å²) in [6.07, 6.45) is -2.80. The van der Waals surface area contributed by atoms with E-state index in [1.165, 1.54) is 24.3 Å². The largest absolute Gasteiger partial charge is 0.484 e. The molecule has 39 heavy (non-hydrogen) atoms. The molecule has 0 atom stereocenters. The normalized spacial score (nSPS) is 11.4. The third kappa shape index (κ3) is 6.25. The van der Waals surface area contributed by atoms with Gasteiger partial charge in [0.15, 0.2) is 6.61 Å². The molecule has 4 aromatic rings. The number of alkyl halides is 3. The average Bonchev–Trinajstić information content (AvgIpc) is 2.93. The van der Waals surface area contributed by atoms with Crippen molar-refractivity contribution in [2.24, 2.45) is 0 Å². The van der Waals surface area contributed by atoms with Crippen LogP contribution < -0.4 is 20.2 Å². The number of halogens is 3. The molecular formula is C30H28F3NO5. The number of ether oxygens (including phenoxy) is 2. The van der Waals surface area contributed by atoms with Gasteiger partial charge >= 0.3 is 6.18 Å². The van der Waals surface area contributed by atoms with E-state index in [0.717, 1.165) is 47.7 Å². The first-order valence-corrected chi connectivity index (χ1v) is 12.6. The molecule has 0 aliphatic carbocycles. The highest BCUT2D eigenvalue weighted by Crippen LogP contribution is 2.38. The molecule has 0 unspecified atom stereocenters. The average molecular weight is 540 g/mol. The minimum absolute atomic E-state index is 0.0669. The van der Waals surface area contributed by atoms with Gasteiger partial charge in [0.2, 0.25) is 11.2 Å². The number of benzene rings is 3. The number of anilines is 1. The van der Waals surface area contributed by atoms with Gasteiger partial charge in [-0.3, -0.25) is 9.59 Å². The Morgan fingerprint density at radius 3 is 2.13 bits per heavy atom. The van der Waals surface area contributed by atoms with Crippen LogP contribution in [-0.4, -0.2) is 12.5 Å². The van der Waals surface area contributed by atoms with Crippen molar-refractivity contribution in [3.8, 4) is 17.2 Å². The van der Waals surface area contributed by atoms with Crippen molar-refractivity contribution < 1.29 is 31.9 Å². The Hall–Kier alpha value is -4.27.